The normalized spacial score (nSPS) is 26.8. The van der Waals surface area contributed by atoms with E-state index < -0.39 is 15.2 Å². The van der Waals surface area contributed by atoms with Crippen LogP contribution in [0.25, 0.3) is 0 Å². The molecule has 16 heavy (non-hydrogen) atoms. The Labute approximate surface area is 110 Å². The SMILES string of the molecule is C[C@@H](C[C@@H]1NC(=O)C(C)(C)C1=O)C(Cl)(Cl)Cl. The molecule has 0 bridgehead atoms. The summed E-state index contributed by atoms with van der Waals surface area (Å²) >= 11 is 17.2. The van der Waals surface area contributed by atoms with E-state index in [4.69, 9.17) is 34.8 Å². The van der Waals surface area contributed by atoms with E-state index in [9.17, 15) is 9.59 Å². The first-order chi connectivity index (χ1) is 7.06. The van der Waals surface area contributed by atoms with Gasteiger partial charge in [0.25, 0.3) is 0 Å². The van der Waals surface area contributed by atoms with Gasteiger partial charge in [-0.2, -0.15) is 0 Å². The van der Waals surface area contributed by atoms with Crippen molar-refractivity contribution in [1.82, 2.24) is 5.32 Å². The largest absolute Gasteiger partial charge is 0.345 e. The lowest BCUT2D eigenvalue weighted by molar-refractivity contribution is -0.133. The molecule has 1 amide bonds. The summed E-state index contributed by atoms with van der Waals surface area (Å²) in [6.07, 6.45) is 0.338. The second-order valence-corrected chi connectivity index (χ2v) is 7.06. The molecule has 0 aromatic carbocycles. The zero-order valence-corrected chi connectivity index (χ0v) is 11.6. The molecule has 1 fully saturated rings. The minimum atomic E-state index is -1.42. The van der Waals surface area contributed by atoms with Crippen molar-refractivity contribution < 1.29 is 9.59 Å². The molecule has 0 aromatic heterocycles. The minimum Gasteiger partial charge on any atom is -0.345 e. The number of amides is 1. The number of halogens is 3. The number of nitrogens with one attached hydrogen (secondary N) is 1. The lowest BCUT2D eigenvalue weighted by Crippen LogP contribution is -2.34. The molecule has 1 rings (SSSR count). The molecule has 6 heteroatoms. The molecule has 3 nitrogen and oxygen atoms in total. The quantitative estimate of drug-likeness (QED) is 0.626. The third-order valence-electron chi connectivity index (χ3n) is 2.95. The number of carbonyl (C=O) groups excluding carboxylic acids is 2. The summed E-state index contributed by atoms with van der Waals surface area (Å²) in [5.41, 5.74) is -0.974. The van der Waals surface area contributed by atoms with Gasteiger partial charge < -0.3 is 5.32 Å². The number of Topliss-reactive ketones (excluding diaryl/α,β-unsaturated/α-hetero) is 1. The van der Waals surface area contributed by atoms with Crippen molar-refractivity contribution >= 4 is 46.5 Å². The fraction of sp³-hybridized carbons (Fsp3) is 0.800. The second-order valence-electron chi connectivity index (χ2n) is 4.69. The topological polar surface area (TPSA) is 46.2 Å². The van der Waals surface area contributed by atoms with Crippen molar-refractivity contribution in [3.63, 3.8) is 0 Å². The van der Waals surface area contributed by atoms with Crippen LogP contribution >= 0.6 is 34.8 Å². The first-order valence-electron chi connectivity index (χ1n) is 4.99. The number of ketones is 1. The van der Waals surface area contributed by atoms with E-state index in [0.29, 0.717) is 6.42 Å². The second kappa shape index (κ2) is 4.35. The number of rotatable bonds is 2. The molecule has 0 spiro atoms. The smallest absolute Gasteiger partial charge is 0.233 e. The summed E-state index contributed by atoms with van der Waals surface area (Å²) in [6.45, 7) is 4.94. The number of hydrogen-bond donors (Lipinski definition) is 1. The highest BCUT2D eigenvalue weighted by molar-refractivity contribution is 6.67. The summed E-state index contributed by atoms with van der Waals surface area (Å²) in [6, 6.07) is -0.548. The van der Waals surface area contributed by atoms with Gasteiger partial charge in [0.1, 0.15) is 5.41 Å². The molecule has 0 saturated carbocycles. The predicted octanol–water partition coefficient (Wildman–Crippen LogP) is 2.48. The van der Waals surface area contributed by atoms with Gasteiger partial charge >= 0.3 is 0 Å². The monoisotopic (exact) mass is 285 g/mol. The van der Waals surface area contributed by atoms with Crippen LogP contribution in [0, 0.1) is 11.3 Å². The maximum Gasteiger partial charge on any atom is 0.233 e. The van der Waals surface area contributed by atoms with Gasteiger partial charge in [0.05, 0.1) is 6.04 Å². The Balaban J connectivity index is 2.73. The van der Waals surface area contributed by atoms with Crippen molar-refractivity contribution in [1.29, 1.82) is 0 Å². The first kappa shape index (κ1) is 14.1. The predicted molar refractivity (Wildman–Crippen MR) is 64.8 cm³/mol. The van der Waals surface area contributed by atoms with Crippen molar-refractivity contribution in [3.05, 3.63) is 0 Å². The van der Waals surface area contributed by atoms with Gasteiger partial charge in [-0.3, -0.25) is 9.59 Å². The molecule has 1 heterocycles. The summed E-state index contributed by atoms with van der Waals surface area (Å²) in [7, 11) is 0. The van der Waals surface area contributed by atoms with Crippen LogP contribution in [0.3, 0.4) is 0 Å². The molecule has 1 N–H and O–H groups in total. The van der Waals surface area contributed by atoms with Crippen molar-refractivity contribution in [2.75, 3.05) is 0 Å². The average Bonchev–Trinajstić information content (AvgIpc) is 2.29. The van der Waals surface area contributed by atoms with E-state index >= 15 is 0 Å². The summed E-state index contributed by atoms with van der Waals surface area (Å²) in [4.78, 5) is 23.4. The molecule has 1 saturated heterocycles. The van der Waals surface area contributed by atoms with Gasteiger partial charge in [0.15, 0.2) is 9.58 Å². The van der Waals surface area contributed by atoms with E-state index in [0.717, 1.165) is 0 Å². The van der Waals surface area contributed by atoms with Gasteiger partial charge in [0, 0.05) is 5.92 Å². The highest BCUT2D eigenvalue weighted by Crippen LogP contribution is 2.39. The van der Waals surface area contributed by atoms with Gasteiger partial charge in [0.2, 0.25) is 5.91 Å². The molecule has 0 radical (unpaired) electrons. The van der Waals surface area contributed by atoms with Crippen molar-refractivity contribution in [2.45, 2.75) is 37.0 Å². The van der Waals surface area contributed by atoms with Crippen molar-refractivity contribution in [2.24, 2.45) is 11.3 Å². The van der Waals surface area contributed by atoms with Crippen LogP contribution in [0.1, 0.15) is 27.2 Å². The first-order valence-corrected chi connectivity index (χ1v) is 6.12. The van der Waals surface area contributed by atoms with Crippen molar-refractivity contribution in [3.8, 4) is 0 Å². The summed E-state index contributed by atoms with van der Waals surface area (Å²) in [5.74, 6) is -0.710. The molecule has 2 atom stereocenters. The minimum absolute atomic E-state index is 0.140. The lowest BCUT2D eigenvalue weighted by atomic mass is 9.86. The molecule has 1 aliphatic heterocycles. The van der Waals surface area contributed by atoms with E-state index in [2.05, 4.69) is 5.32 Å². The molecular weight excluding hydrogens is 272 g/mol. The molecule has 1 aliphatic rings. The molecule has 92 valence electrons. The third kappa shape index (κ3) is 2.63. The van der Waals surface area contributed by atoms with Crippen LogP contribution in [-0.2, 0) is 9.59 Å². The number of hydrogen-bond acceptors (Lipinski definition) is 2. The highest BCUT2D eigenvalue weighted by atomic mass is 35.6. The Morgan fingerprint density at radius 1 is 1.38 bits per heavy atom. The Kier molecular flexibility index (Phi) is 3.83. The fourth-order valence-corrected chi connectivity index (χ4v) is 1.87. The van der Waals surface area contributed by atoms with Crippen LogP contribution in [0.15, 0.2) is 0 Å². The standard InChI is InChI=1S/C10H14Cl3NO2/c1-5(10(11,12)13)4-6-7(15)9(2,3)8(16)14-6/h5-6H,4H2,1-3H3,(H,14,16)/t5-,6-/m0/s1. The fourth-order valence-electron chi connectivity index (χ4n) is 1.60. The van der Waals surface area contributed by atoms with Crippen LogP contribution in [0.4, 0.5) is 0 Å². The van der Waals surface area contributed by atoms with Gasteiger partial charge in [-0.15, -0.1) is 0 Å². The van der Waals surface area contributed by atoms with E-state index in [1.165, 1.54) is 0 Å². The van der Waals surface area contributed by atoms with Crippen LogP contribution in [0.5, 0.6) is 0 Å². The highest BCUT2D eigenvalue weighted by Gasteiger charge is 2.48. The van der Waals surface area contributed by atoms with Gasteiger partial charge in [-0.05, 0) is 20.3 Å². The van der Waals surface area contributed by atoms with Gasteiger partial charge in [-0.25, -0.2) is 0 Å². The van der Waals surface area contributed by atoms with E-state index in [1.807, 2.05) is 0 Å². The zero-order chi connectivity index (χ0) is 12.7. The molecular formula is C10H14Cl3NO2. The zero-order valence-electron chi connectivity index (χ0n) is 9.31. The molecule has 0 aliphatic carbocycles. The van der Waals surface area contributed by atoms with Gasteiger partial charge in [-0.1, -0.05) is 41.7 Å². The molecule has 0 unspecified atom stereocenters. The maximum absolute atomic E-state index is 11.9. The van der Waals surface area contributed by atoms with E-state index in [1.54, 1.807) is 20.8 Å². The average molecular weight is 287 g/mol. The lowest BCUT2D eigenvalue weighted by Gasteiger charge is -2.22. The van der Waals surface area contributed by atoms with E-state index in [-0.39, 0.29) is 17.6 Å². The third-order valence-corrected chi connectivity index (χ3v) is 4.07. The summed E-state index contributed by atoms with van der Waals surface area (Å²) in [5, 5.41) is 2.63. The summed E-state index contributed by atoms with van der Waals surface area (Å²) < 4.78 is -1.42. The maximum atomic E-state index is 11.9. The Hall–Kier alpha value is 0.01000. The Morgan fingerprint density at radius 2 is 1.88 bits per heavy atom. The Morgan fingerprint density at radius 3 is 2.19 bits per heavy atom. The Bertz CT molecular complexity index is 323. The number of carbonyl (C=O) groups is 2. The van der Waals surface area contributed by atoms with Crippen LogP contribution in [-0.4, -0.2) is 21.5 Å². The van der Waals surface area contributed by atoms with Crippen LogP contribution in [0.2, 0.25) is 0 Å². The molecule has 0 aromatic rings. The van der Waals surface area contributed by atoms with Crippen LogP contribution < -0.4 is 5.32 Å². The number of alkyl halides is 3.